The summed E-state index contributed by atoms with van der Waals surface area (Å²) in [6, 6.07) is 1.87. The van der Waals surface area contributed by atoms with Crippen molar-refractivity contribution in [2.24, 2.45) is 0 Å². The molecule has 0 aromatic heterocycles. The number of esters is 3. The number of ether oxygens (including phenoxy) is 4. The third kappa shape index (κ3) is 6.07. The lowest BCUT2D eigenvalue weighted by molar-refractivity contribution is -0.278. The van der Waals surface area contributed by atoms with Gasteiger partial charge in [-0.1, -0.05) is 6.07 Å². The van der Waals surface area contributed by atoms with Gasteiger partial charge in [-0.15, -0.1) is 0 Å². The summed E-state index contributed by atoms with van der Waals surface area (Å²) in [6.45, 7) is 0. The van der Waals surface area contributed by atoms with Gasteiger partial charge >= 0.3 is 42.1 Å². The van der Waals surface area contributed by atoms with Gasteiger partial charge in [-0.25, -0.2) is 14.4 Å². The number of rotatable bonds is 7. The number of alkyl halides is 10. The zero-order chi connectivity index (χ0) is 26.7. The van der Waals surface area contributed by atoms with Crippen LogP contribution in [0.2, 0.25) is 0 Å². The molecule has 17 heteroatoms. The maximum Gasteiger partial charge on any atom is 0.465 e. The van der Waals surface area contributed by atoms with Crippen LogP contribution >= 0.6 is 0 Å². The average Bonchev–Trinajstić information content (AvgIpc) is 2.71. The highest BCUT2D eigenvalue weighted by Crippen LogP contribution is 2.39. The SMILES string of the molecule is COC(=O)/C(=C\c1ccc(OC(=O)C(F)(F)C(F)(F)F)c(OC)c1)OC(=O)C(F)(F)C(F)(F)F. The van der Waals surface area contributed by atoms with Crippen LogP contribution in [0.5, 0.6) is 11.5 Å². The molecule has 0 aliphatic rings. The van der Waals surface area contributed by atoms with Crippen molar-refractivity contribution < 1.29 is 77.2 Å². The molecule has 0 amide bonds. The van der Waals surface area contributed by atoms with E-state index in [1.54, 1.807) is 0 Å². The second-order valence-corrected chi connectivity index (χ2v) is 5.83. The predicted molar refractivity (Wildman–Crippen MR) is 86.7 cm³/mol. The van der Waals surface area contributed by atoms with Gasteiger partial charge in [-0.3, -0.25) is 0 Å². The first-order chi connectivity index (χ1) is 15.3. The van der Waals surface area contributed by atoms with Crippen LogP contribution in [-0.2, 0) is 23.9 Å². The number of hydrogen-bond donors (Lipinski definition) is 0. The Labute approximate surface area is 181 Å². The summed E-state index contributed by atoms with van der Waals surface area (Å²) in [5.74, 6) is -23.2. The minimum absolute atomic E-state index is 0.356. The van der Waals surface area contributed by atoms with E-state index < -0.39 is 64.9 Å². The number of carbonyl (C=O) groups is 3. The molecule has 0 saturated carbocycles. The number of hydrogen-bond acceptors (Lipinski definition) is 7. The van der Waals surface area contributed by atoms with E-state index in [0.717, 1.165) is 7.11 Å². The Morgan fingerprint density at radius 1 is 0.765 bits per heavy atom. The zero-order valence-electron chi connectivity index (χ0n) is 16.4. The molecule has 0 saturated heterocycles. The summed E-state index contributed by atoms with van der Waals surface area (Å²) in [4.78, 5) is 34.0. The van der Waals surface area contributed by atoms with E-state index in [9.17, 15) is 58.3 Å². The molecular weight excluding hydrogens is 506 g/mol. The van der Waals surface area contributed by atoms with Crippen molar-refractivity contribution in [3.8, 4) is 11.5 Å². The Kier molecular flexibility index (Phi) is 8.18. The van der Waals surface area contributed by atoms with Crippen molar-refractivity contribution in [3.63, 3.8) is 0 Å². The Morgan fingerprint density at radius 3 is 1.71 bits per heavy atom. The predicted octanol–water partition coefficient (Wildman–Crippen LogP) is 4.05. The van der Waals surface area contributed by atoms with Gasteiger partial charge in [-0.05, 0) is 23.8 Å². The van der Waals surface area contributed by atoms with Gasteiger partial charge in [0.05, 0.1) is 14.2 Å². The van der Waals surface area contributed by atoms with Gasteiger partial charge in [-0.2, -0.15) is 43.9 Å². The van der Waals surface area contributed by atoms with Gasteiger partial charge in [0.2, 0.25) is 5.76 Å². The van der Waals surface area contributed by atoms with E-state index >= 15 is 0 Å². The molecule has 0 fully saturated rings. The Balaban J connectivity index is 3.33. The summed E-state index contributed by atoms with van der Waals surface area (Å²) >= 11 is 0. The molecule has 0 unspecified atom stereocenters. The van der Waals surface area contributed by atoms with E-state index in [-0.39, 0.29) is 0 Å². The maximum absolute atomic E-state index is 13.1. The largest absolute Gasteiger partial charge is 0.493 e. The van der Waals surface area contributed by atoms with Gasteiger partial charge in [0.1, 0.15) is 0 Å². The van der Waals surface area contributed by atoms with E-state index in [1.165, 1.54) is 0 Å². The molecule has 0 aliphatic heterocycles. The summed E-state index contributed by atoms with van der Waals surface area (Å²) in [6.07, 6.45) is -12.3. The van der Waals surface area contributed by atoms with Crippen LogP contribution in [0.15, 0.2) is 24.0 Å². The molecule has 0 aliphatic carbocycles. The molecule has 0 radical (unpaired) electrons. The number of benzene rings is 1. The smallest absolute Gasteiger partial charge is 0.465 e. The average molecular weight is 516 g/mol. The van der Waals surface area contributed by atoms with Crippen molar-refractivity contribution in [3.05, 3.63) is 29.5 Å². The minimum atomic E-state index is -6.38. The minimum Gasteiger partial charge on any atom is -0.493 e. The van der Waals surface area contributed by atoms with Crippen LogP contribution in [0.4, 0.5) is 43.9 Å². The Bertz CT molecular complexity index is 980. The quantitative estimate of drug-likeness (QED) is 0.178. The molecule has 0 spiro atoms. The van der Waals surface area contributed by atoms with Gasteiger partial charge < -0.3 is 18.9 Å². The van der Waals surface area contributed by atoms with Gasteiger partial charge in [0.15, 0.2) is 11.5 Å². The van der Waals surface area contributed by atoms with Crippen LogP contribution in [-0.4, -0.2) is 56.3 Å². The Morgan fingerprint density at radius 2 is 1.26 bits per heavy atom. The standard InChI is InChI=1S/C17H10F10O7/c1-31-9-5-7(3-4-8(9)33-12(29)14(18,19)16(22,23)24)6-10(11(28)32-2)34-13(30)15(20,21)17(25,26)27/h3-6H,1-2H3/b10-6+. The fourth-order valence-electron chi connectivity index (χ4n) is 1.80. The topological polar surface area (TPSA) is 88.1 Å². The highest BCUT2D eigenvalue weighted by molar-refractivity contribution is 5.95. The molecule has 0 bridgehead atoms. The van der Waals surface area contributed by atoms with Crippen molar-refractivity contribution in [1.82, 2.24) is 0 Å². The lowest BCUT2D eigenvalue weighted by atomic mass is 10.1. The van der Waals surface area contributed by atoms with Crippen molar-refractivity contribution in [1.29, 1.82) is 0 Å². The molecule has 0 atom stereocenters. The normalized spacial score (nSPS) is 13.2. The molecule has 1 rings (SSSR count). The van der Waals surface area contributed by atoms with E-state index in [4.69, 9.17) is 0 Å². The summed E-state index contributed by atoms with van der Waals surface area (Å²) in [5, 5.41) is 0. The van der Waals surface area contributed by atoms with Crippen LogP contribution in [0.25, 0.3) is 6.08 Å². The first-order valence-electron chi connectivity index (χ1n) is 8.11. The number of halogens is 10. The molecule has 0 N–H and O–H groups in total. The fourth-order valence-corrected chi connectivity index (χ4v) is 1.80. The van der Waals surface area contributed by atoms with Crippen molar-refractivity contribution in [2.45, 2.75) is 24.2 Å². The monoisotopic (exact) mass is 516 g/mol. The van der Waals surface area contributed by atoms with Crippen molar-refractivity contribution >= 4 is 24.0 Å². The second kappa shape index (κ2) is 9.76. The third-order valence-corrected chi connectivity index (χ3v) is 3.50. The molecular formula is C17H10F10O7. The zero-order valence-corrected chi connectivity index (χ0v) is 16.4. The van der Waals surface area contributed by atoms with Gasteiger partial charge in [0, 0.05) is 0 Å². The van der Waals surface area contributed by atoms with Crippen LogP contribution in [0.1, 0.15) is 5.56 Å². The third-order valence-electron chi connectivity index (χ3n) is 3.50. The maximum atomic E-state index is 13.1. The van der Waals surface area contributed by atoms with Crippen LogP contribution in [0, 0.1) is 0 Å². The van der Waals surface area contributed by atoms with E-state index in [0.29, 0.717) is 31.4 Å². The Hall–Kier alpha value is -3.53. The molecule has 34 heavy (non-hydrogen) atoms. The van der Waals surface area contributed by atoms with Crippen LogP contribution in [0.3, 0.4) is 0 Å². The molecule has 1 aromatic rings. The lowest BCUT2D eigenvalue weighted by Crippen LogP contribution is -2.46. The number of carbonyl (C=O) groups excluding carboxylic acids is 3. The highest BCUT2D eigenvalue weighted by atomic mass is 19.4. The summed E-state index contributed by atoms with van der Waals surface area (Å²) in [5.41, 5.74) is -0.442. The molecule has 0 heterocycles. The molecule has 7 nitrogen and oxygen atoms in total. The van der Waals surface area contributed by atoms with Crippen LogP contribution < -0.4 is 9.47 Å². The fraction of sp³-hybridized carbons (Fsp3) is 0.353. The second-order valence-electron chi connectivity index (χ2n) is 5.83. The first-order valence-corrected chi connectivity index (χ1v) is 8.11. The highest BCUT2D eigenvalue weighted by Gasteiger charge is 2.66. The lowest BCUT2D eigenvalue weighted by Gasteiger charge is -2.19. The van der Waals surface area contributed by atoms with E-state index in [1.807, 2.05) is 0 Å². The first kappa shape index (κ1) is 28.5. The van der Waals surface area contributed by atoms with Gasteiger partial charge in [0.25, 0.3) is 0 Å². The van der Waals surface area contributed by atoms with E-state index in [2.05, 4.69) is 18.9 Å². The number of methoxy groups -OCH3 is 2. The molecule has 1 aromatic carbocycles. The molecule has 190 valence electrons. The summed E-state index contributed by atoms with van der Waals surface area (Å²) in [7, 11) is 1.45. The summed E-state index contributed by atoms with van der Waals surface area (Å²) < 4.78 is 142. The van der Waals surface area contributed by atoms with Crippen molar-refractivity contribution in [2.75, 3.05) is 14.2 Å².